The largest absolute Gasteiger partial charge is 0.481 e. The van der Waals surface area contributed by atoms with E-state index >= 15 is 0 Å². The Kier molecular flexibility index (Phi) is 37.9. The van der Waals surface area contributed by atoms with Crippen molar-refractivity contribution in [3.63, 3.8) is 0 Å². The van der Waals surface area contributed by atoms with Gasteiger partial charge in [-0.2, -0.15) is 0 Å². The number of carbonyl (C=O) groups is 14. The molecule has 1 aromatic heterocycles. The summed E-state index contributed by atoms with van der Waals surface area (Å²) in [7, 11) is 0. The van der Waals surface area contributed by atoms with Gasteiger partial charge in [-0.3, -0.25) is 72.1 Å². The van der Waals surface area contributed by atoms with E-state index in [0.717, 1.165) is 6.42 Å². The number of carboxylic acid groups (broad SMARTS) is 2. The van der Waals surface area contributed by atoms with Crippen molar-refractivity contribution in [2.45, 2.75) is 223 Å². The van der Waals surface area contributed by atoms with Gasteiger partial charge in [-0.05, 0) is 80.7 Å². The molecule has 556 valence electrons. The van der Waals surface area contributed by atoms with Gasteiger partial charge in [0.05, 0.1) is 36.8 Å². The summed E-state index contributed by atoms with van der Waals surface area (Å²) in [6, 6.07) is -7.45. The third-order valence-electron chi connectivity index (χ3n) is 17.5. The van der Waals surface area contributed by atoms with Gasteiger partial charge >= 0.3 is 11.9 Å². The first-order chi connectivity index (χ1) is 47.4. The van der Waals surface area contributed by atoms with Crippen LogP contribution in [0.3, 0.4) is 0 Å². The molecule has 1 fully saturated rings. The van der Waals surface area contributed by atoms with Gasteiger partial charge in [-0.15, -0.1) is 0 Å². The van der Waals surface area contributed by atoms with Gasteiger partial charge < -0.3 is 90.9 Å². The number of aliphatic imine (C=N–C) groups is 1. The minimum absolute atomic E-state index is 0. The molecule has 2 aliphatic rings. The summed E-state index contributed by atoms with van der Waals surface area (Å²) in [4.78, 5) is 207. The molecule has 2 aromatic rings. The van der Waals surface area contributed by atoms with E-state index in [-0.39, 0.29) is 115 Å². The molecule has 0 spiro atoms. The standard InChI is InChI=1S/C66H103N17O16S.Zn/c1-9-35(6)52(69)66-72-32-48(100-66)63(97)80-43(26-34(4)5)59(93)75-42(22-23-50(85)86)58(92)83-53(36(7)10-2)64(98)76-40-20-15-16-25-71-55(89)46(29-49(68)84)78-62(96)47(30-51(87)88)79-61(95)45(28-39-31-70-33-73-39)77-60(94)44(27-38-18-13-12-14-19-38)81-65(99)54(37(8)11-3)82-57(91)41(21-17-24-67)74-56(40)90;/h12-14,18-19,31,33-37,40-48,52-54H,9-11,15-17,20-30,32,67,69H2,1-8H3,(H2,68,84)(H,70,73)(H,71,89)(H,74,90)(H,75,93)(H,76,98)(H,77,94)(H,78,96)(H,79,95)(H,80,97)(H,81,99)(H,82,91)(H,83,92)(H,85,86)(H,87,88);/t35?,36?,37?,40-,41+,42+,43-,44+,45-,46-,47+,48?,52-,53-,54-;/m0./s1. The molecule has 0 bridgehead atoms. The number of hydrogen-bond acceptors (Lipinski definition) is 19. The molecule has 12 amide bonds. The van der Waals surface area contributed by atoms with Crippen LogP contribution in [0.5, 0.6) is 0 Å². The van der Waals surface area contributed by atoms with Crippen molar-refractivity contribution in [3.8, 4) is 0 Å². The second kappa shape index (κ2) is 44.1. The fraction of sp³-hybridized carbons (Fsp3) is 0.636. The molecule has 0 aliphatic carbocycles. The van der Waals surface area contributed by atoms with Gasteiger partial charge in [-0.1, -0.05) is 117 Å². The molecule has 4 rings (SSSR count). The van der Waals surface area contributed by atoms with E-state index in [1.54, 1.807) is 58.0 Å². The van der Waals surface area contributed by atoms with Gasteiger partial charge in [0.25, 0.3) is 0 Å². The van der Waals surface area contributed by atoms with Crippen molar-refractivity contribution in [1.29, 1.82) is 0 Å². The number of H-pyrrole nitrogens is 1. The van der Waals surface area contributed by atoms with Gasteiger partial charge in [0.15, 0.2) is 0 Å². The molecule has 0 saturated carbocycles. The third-order valence-corrected chi connectivity index (χ3v) is 18.8. The smallest absolute Gasteiger partial charge is 0.305 e. The number of rotatable bonds is 31. The summed E-state index contributed by atoms with van der Waals surface area (Å²) in [6.45, 7) is 14.2. The Morgan fingerprint density at radius 1 is 0.663 bits per heavy atom. The second-order valence-corrected chi connectivity index (χ2v) is 27.2. The first kappa shape index (κ1) is 86.8. The van der Waals surface area contributed by atoms with Crippen molar-refractivity contribution in [2.24, 2.45) is 45.9 Å². The Hall–Kier alpha value is -8.43. The van der Waals surface area contributed by atoms with Crippen LogP contribution in [0.2, 0.25) is 0 Å². The molecule has 4 unspecified atom stereocenters. The SMILES string of the molecule is CCC(C)[C@H](N)C1=NCC(C(=O)N[C@@H](CC(C)C)C(=O)N[C@H](CCC(=O)O)C(=O)N[C@H](C(=O)N[C@H]2CCCCNC(=O)[C@H](CC(N)=O)NC(=O)[C@@H](CC(=O)O)NC(=O)[C@H](Cc3cnc[nH]3)NC(=O)[C@@H](Cc3ccccc3)NC(=O)[C@H](C(C)CC)NC(=O)[C@@H](CCCN)NC2=O)C(C)CC)S1.[Zn]. The Bertz CT molecular complexity index is 3170. The zero-order valence-electron chi connectivity index (χ0n) is 58.9. The average Bonchev–Trinajstić information content (AvgIpc) is 1.78. The van der Waals surface area contributed by atoms with Crippen LogP contribution in [0, 0.1) is 23.7 Å². The van der Waals surface area contributed by atoms with Crippen molar-refractivity contribution < 1.29 is 96.8 Å². The average molecular weight is 1490 g/mol. The number of carboxylic acids is 2. The summed E-state index contributed by atoms with van der Waals surface area (Å²) in [5, 5.41) is 48.4. The Balaban J connectivity index is 0.0000265. The maximum atomic E-state index is 14.9. The van der Waals surface area contributed by atoms with Crippen molar-refractivity contribution >= 4 is 99.6 Å². The summed E-state index contributed by atoms with van der Waals surface area (Å²) >= 11 is 1.20. The van der Waals surface area contributed by atoms with Crippen LogP contribution in [0.4, 0.5) is 0 Å². The van der Waals surface area contributed by atoms with Crippen molar-refractivity contribution in [2.75, 3.05) is 19.6 Å². The molecule has 101 heavy (non-hydrogen) atoms. The van der Waals surface area contributed by atoms with Crippen LogP contribution >= 0.6 is 11.8 Å². The Morgan fingerprint density at radius 2 is 1.26 bits per heavy atom. The minimum Gasteiger partial charge on any atom is -0.481 e. The molecule has 0 radical (unpaired) electrons. The molecule has 2 aliphatic heterocycles. The van der Waals surface area contributed by atoms with E-state index in [4.69, 9.17) is 17.2 Å². The number of carbonyl (C=O) groups excluding carboxylic acids is 12. The molecule has 33 nitrogen and oxygen atoms in total. The first-order valence-electron chi connectivity index (χ1n) is 34.1. The molecule has 20 N–H and O–H groups in total. The van der Waals surface area contributed by atoms with Gasteiger partial charge in [0, 0.05) is 57.2 Å². The third kappa shape index (κ3) is 29.2. The zero-order chi connectivity index (χ0) is 74.3. The van der Waals surface area contributed by atoms with E-state index in [2.05, 4.69) is 73.4 Å². The number of aromatic nitrogens is 2. The van der Waals surface area contributed by atoms with Crippen molar-refractivity contribution in [3.05, 3.63) is 54.1 Å². The summed E-state index contributed by atoms with van der Waals surface area (Å²) in [5.74, 6) is -15.6. The van der Waals surface area contributed by atoms with Gasteiger partial charge in [-0.25, -0.2) is 4.98 Å². The minimum atomic E-state index is -1.94. The molecular formula is C66H103N17O16SZn. The molecule has 35 heteroatoms. The summed E-state index contributed by atoms with van der Waals surface area (Å²) in [6.07, 6.45) is 0.386. The number of thioether (sulfide) groups is 1. The fourth-order valence-corrected chi connectivity index (χ4v) is 12.0. The summed E-state index contributed by atoms with van der Waals surface area (Å²) in [5.41, 5.74) is 18.7. The molecular weight excluding hydrogens is 1380 g/mol. The molecule has 15 atom stereocenters. The normalized spacial score (nSPS) is 22.9. The number of aliphatic carboxylic acids is 2. The van der Waals surface area contributed by atoms with Crippen molar-refractivity contribution in [1.82, 2.24) is 68.5 Å². The first-order valence-corrected chi connectivity index (χ1v) is 35.0. The van der Waals surface area contributed by atoms with Crippen LogP contribution in [-0.4, -0.2) is 199 Å². The van der Waals surface area contributed by atoms with E-state index in [1.807, 2.05) is 27.7 Å². The van der Waals surface area contributed by atoms with Crippen LogP contribution < -0.4 is 75.7 Å². The number of nitrogens with zero attached hydrogens (tertiary/aromatic N) is 2. The van der Waals surface area contributed by atoms with E-state index in [9.17, 15) is 77.3 Å². The fourth-order valence-electron chi connectivity index (χ4n) is 10.9. The Morgan fingerprint density at radius 3 is 1.84 bits per heavy atom. The topological polar surface area (TPSA) is 531 Å². The monoisotopic (exact) mass is 1490 g/mol. The predicted molar refractivity (Wildman–Crippen MR) is 369 cm³/mol. The quantitative estimate of drug-likeness (QED) is 0.0375. The van der Waals surface area contributed by atoms with Crippen LogP contribution in [0.15, 0.2) is 47.8 Å². The van der Waals surface area contributed by atoms with E-state index in [1.165, 1.54) is 24.3 Å². The van der Waals surface area contributed by atoms with E-state index in [0.29, 0.717) is 16.3 Å². The van der Waals surface area contributed by atoms with E-state index < -0.39 is 192 Å². The maximum absolute atomic E-state index is 14.9. The predicted octanol–water partition coefficient (Wildman–Crippen LogP) is -1.68. The number of hydrogen-bond donors (Lipinski definition) is 17. The molecule has 1 aromatic carbocycles. The molecule has 3 heterocycles. The number of nitrogens with two attached hydrogens (primary N) is 3. The number of benzene rings is 1. The van der Waals surface area contributed by atoms with Crippen LogP contribution in [-0.2, 0) is 99.4 Å². The number of amides is 12. The number of primary amides is 1. The molecule has 1 saturated heterocycles. The zero-order valence-corrected chi connectivity index (χ0v) is 62.6. The Labute approximate surface area is 605 Å². The second-order valence-electron chi connectivity index (χ2n) is 25.9. The van der Waals surface area contributed by atoms with Crippen LogP contribution in [0.1, 0.15) is 150 Å². The maximum Gasteiger partial charge on any atom is 0.305 e. The summed E-state index contributed by atoms with van der Waals surface area (Å²) < 4.78 is 0. The number of nitrogens with one attached hydrogen (secondary N) is 12. The number of imidazole rings is 1. The van der Waals surface area contributed by atoms with Gasteiger partial charge in [0.1, 0.15) is 65.7 Å². The van der Waals surface area contributed by atoms with Crippen LogP contribution in [0.25, 0.3) is 0 Å². The van der Waals surface area contributed by atoms with Gasteiger partial charge in [0.2, 0.25) is 70.9 Å². The number of aromatic amines is 1.